The molecule has 0 radical (unpaired) electrons. The number of hydrogen-bond donors (Lipinski definition) is 2. The lowest BCUT2D eigenvalue weighted by atomic mass is 9.99. The normalized spacial score (nSPS) is 14.1. The molecule has 2 aromatic carbocycles. The minimum absolute atomic E-state index is 0.342. The number of benzene rings is 2. The van der Waals surface area contributed by atoms with Crippen LogP contribution < -0.4 is 15.4 Å². The lowest BCUT2D eigenvalue weighted by Gasteiger charge is -2.21. The number of sulfone groups is 1. The number of aromatic nitrogens is 3. The molecule has 5 rings (SSSR count). The van der Waals surface area contributed by atoms with E-state index in [4.69, 9.17) is 4.74 Å². The second kappa shape index (κ2) is 8.77. The van der Waals surface area contributed by atoms with Gasteiger partial charge in [0, 0.05) is 47.4 Å². The summed E-state index contributed by atoms with van der Waals surface area (Å²) in [5.74, 6) is 0.470. The van der Waals surface area contributed by atoms with Gasteiger partial charge in [0.25, 0.3) is 0 Å². The smallest absolute Gasteiger partial charge is 0.237 e. The van der Waals surface area contributed by atoms with E-state index in [0.29, 0.717) is 58.3 Å². The molecule has 2 N–H and O–H groups in total. The Kier molecular flexibility index (Phi) is 5.76. The average molecular weight is 494 g/mol. The second-order valence-corrected chi connectivity index (χ2v) is 10.9. The molecule has 0 amide bonds. The molecule has 4 aromatic rings. The lowest BCUT2D eigenvalue weighted by molar-refractivity contribution is 0.310. The molecule has 1 aliphatic heterocycles. The van der Waals surface area contributed by atoms with Crippen LogP contribution >= 0.6 is 0 Å². The number of halogens is 1. The Bertz CT molecular complexity index is 1540. The van der Waals surface area contributed by atoms with Gasteiger partial charge in [-0.05, 0) is 49.2 Å². The maximum absolute atomic E-state index is 15.1. The fraction of sp³-hybridized carbons (Fsp3) is 0.240. The van der Waals surface area contributed by atoms with Gasteiger partial charge in [0.1, 0.15) is 18.1 Å². The number of rotatable bonds is 5. The molecule has 10 heteroatoms. The van der Waals surface area contributed by atoms with Crippen LogP contribution in [0.15, 0.2) is 48.8 Å². The van der Waals surface area contributed by atoms with Crippen LogP contribution in [0, 0.1) is 12.7 Å². The highest BCUT2D eigenvalue weighted by Crippen LogP contribution is 2.37. The third kappa shape index (κ3) is 4.49. The van der Waals surface area contributed by atoms with Crippen LogP contribution in [0.1, 0.15) is 23.3 Å². The molecule has 0 spiro atoms. The Morgan fingerprint density at radius 1 is 1.11 bits per heavy atom. The molecule has 0 saturated carbocycles. The first-order valence-corrected chi connectivity index (χ1v) is 13.0. The van der Waals surface area contributed by atoms with Crippen LogP contribution in [-0.2, 0) is 9.84 Å². The van der Waals surface area contributed by atoms with Crippen molar-refractivity contribution in [1.82, 2.24) is 15.0 Å². The highest BCUT2D eigenvalue weighted by Gasteiger charge is 2.20. The average Bonchev–Trinajstić information content (AvgIpc) is 2.84. The summed E-state index contributed by atoms with van der Waals surface area (Å²) in [6.45, 7) is 4.76. The van der Waals surface area contributed by atoms with Gasteiger partial charge in [-0.25, -0.2) is 27.8 Å². The first kappa shape index (κ1) is 23.0. The van der Waals surface area contributed by atoms with Gasteiger partial charge < -0.3 is 15.4 Å². The van der Waals surface area contributed by atoms with Crippen molar-refractivity contribution in [1.29, 1.82) is 0 Å². The molecular formula is C25H24FN5O3S. The number of nitrogens with zero attached hydrogens (tertiary/aromatic N) is 3. The number of ether oxygens (including phenoxy) is 1. The van der Waals surface area contributed by atoms with E-state index in [1.165, 1.54) is 12.3 Å². The zero-order chi connectivity index (χ0) is 24.7. The van der Waals surface area contributed by atoms with E-state index in [1.54, 1.807) is 49.6 Å². The van der Waals surface area contributed by atoms with E-state index < -0.39 is 15.1 Å². The van der Waals surface area contributed by atoms with Crippen LogP contribution in [0.3, 0.4) is 0 Å². The molecule has 8 nitrogen and oxygen atoms in total. The van der Waals surface area contributed by atoms with Crippen LogP contribution in [0.5, 0.6) is 5.88 Å². The standard InChI is InChI=1S/C25H24FN5O3S/c1-14-20(13-28-24-23(14)27-8-9-34-24)19-11-22-17(10-21(19)26)12-29-25(31-22)30-18-6-4-16(5-7-18)15(2)35(3,32)33/h4-7,10-13,15,27H,8-9H2,1-3H3,(H,29,30,31). The summed E-state index contributed by atoms with van der Waals surface area (Å²) in [4.78, 5) is 13.2. The number of pyridine rings is 1. The van der Waals surface area contributed by atoms with Gasteiger partial charge in [0.2, 0.25) is 11.8 Å². The van der Waals surface area contributed by atoms with Crippen LogP contribution in [0.4, 0.5) is 21.7 Å². The quantitative estimate of drug-likeness (QED) is 0.409. The van der Waals surface area contributed by atoms with E-state index in [2.05, 4.69) is 25.6 Å². The molecular weight excluding hydrogens is 469 g/mol. The van der Waals surface area contributed by atoms with Crippen LogP contribution in [0.25, 0.3) is 22.0 Å². The maximum Gasteiger partial charge on any atom is 0.237 e. The van der Waals surface area contributed by atoms with Gasteiger partial charge >= 0.3 is 0 Å². The largest absolute Gasteiger partial charge is 0.474 e. The molecule has 35 heavy (non-hydrogen) atoms. The van der Waals surface area contributed by atoms with Crippen molar-refractivity contribution in [3.05, 3.63) is 65.7 Å². The minimum atomic E-state index is -3.18. The summed E-state index contributed by atoms with van der Waals surface area (Å²) in [6.07, 6.45) is 4.39. The van der Waals surface area contributed by atoms with E-state index in [1.807, 2.05) is 6.92 Å². The molecule has 0 aliphatic carbocycles. The second-order valence-electron chi connectivity index (χ2n) is 8.56. The van der Waals surface area contributed by atoms with Gasteiger partial charge in [0.05, 0.1) is 10.8 Å². The van der Waals surface area contributed by atoms with E-state index in [-0.39, 0.29) is 5.82 Å². The van der Waals surface area contributed by atoms with Gasteiger partial charge in [-0.2, -0.15) is 0 Å². The molecule has 1 atom stereocenters. The first-order valence-electron chi connectivity index (χ1n) is 11.1. The van der Waals surface area contributed by atoms with Crippen molar-refractivity contribution in [3.63, 3.8) is 0 Å². The number of fused-ring (bicyclic) bond motifs is 2. The van der Waals surface area contributed by atoms with Gasteiger partial charge in [-0.15, -0.1) is 0 Å². The summed E-state index contributed by atoms with van der Waals surface area (Å²) in [7, 11) is -3.18. The zero-order valence-electron chi connectivity index (χ0n) is 19.5. The fourth-order valence-corrected chi connectivity index (χ4v) is 4.68. The third-order valence-corrected chi connectivity index (χ3v) is 7.74. The van der Waals surface area contributed by atoms with Crippen molar-refractivity contribution < 1.29 is 17.5 Å². The van der Waals surface area contributed by atoms with Gasteiger partial charge in [0.15, 0.2) is 9.84 Å². The van der Waals surface area contributed by atoms with Crippen molar-refractivity contribution in [2.75, 3.05) is 30.0 Å². The maximum atomic E-state index is 15.1. The molecule has 0 bridgehead atoms. The van der Waals surface area contributed by atoms with Crippen molar-refractivity contribution in [2.24, 2.45) is 0 Å². The highest BCUT2D eigenvalue weighted by atomic mass is 32.2. The van der Waals surface area contributed by atoms with Crippen molar-refractivity contribution in [2.45, 2.75) is 19.1 Å². The van der Waals surface area contributed by atoms with Crippen molar-refractivity contribution >= 4 is 38.1 Å². The highest BCUT2D eigenvalue weighted by molar-refractivity contribution is 7.90. The molecule has 3 heterocycles. The predicted molar refractivity (Wildman–Crippen MR) is 134 cm³/mol. The van der Waals surface area contributed by atoms with Crippen LogP contribution in [0.2, 0.25) is 0 Å². The SMILES string of the molecule is Cc1c(-c2cc3nc(Nc4ccc(C(C)S(C)(=O)=O)cc4)ncc3cc2F)cnc2c1NCCO2. The van der Waals surface area contributed by atoms with Gasteiger partial charge in [-0.1, -0.05) is 12.1 Å². The van der Waals surface area contributed by atoms with Gasteiger partial charge in [-0.3, -0.25) is 0 Å². The minimum Gasteiger partial charge on any atom is -0.474 e. The molecule has 1 unspecified atom stereocenters. The molecule has 0 fully saturated rings. The summed E-state index contributed by atoms with van der Waals surface area (Å²) in [5, 5.41) is 6.37. The third-order valence-electron chi connectivity index (χ3n) is 6.18. The van der Waals surface area contributed by atoms with Crippen molar-refractivity contribution in [3.8, 4) is 17.0 Å². The lowest BCUT2D eigenvalue weighted by Crippen LogP contribution is -2.20. The fourth-order valence-electron chi connectivity index (χ4n) is 4.02. The van der Waals surface area contributed by atoms with E-state index in [0.717, 1.165) is 11.3 Å². The Morgan fingerprint density at radius 3 is 2.63 bits per heavy atom. The molecule has 180 valence electrons. The summed E-state index contributed by atoms with van der Waals surface area (Å²) < 4.78 is 44.2. The Balaban J connectivity index is 1.46. The predicted octanol–water partition coefficient (Wildman–Crippen LogP) is 4.79. The number of hydrogen-bond acceptors (Lipinski definition) is 8. The first-order chi connectivity index (χ1) is 16.7. The zero-order valence-corrected chi connectivity index (χ0v) is 20.3. The topological polar surface area (TPSA) is 106 Å². The Hall–Kier alpha value is -3.79. The Labute approximate surface area is 202 Å². The number of anilines is 3. The monoisotopic (exact) mass is 493 g/mol. The van der Waals surface area contributed by atoms with E-state index >= 15 is 4.39 Å². The molecule has 0 saturated heterocycles. The van der Waals surface area contributed by atoms with Crippen LogP contribution in [-0.4, -0.2) is 42.8 Å². The number of nitrogens with one attached hydrogen (secondary N) is 2. The summed E-state index contributed by atoms with van der Waals surface area (Å²) in [6, 6.07) is 10.2. The Morgan fingerprint density at radius 2 is 1.89 bits per heavy atom. The molecule has 1 aliphatic rings. The van der Waals surface area contributed by atoms with E-state index in [9.17, 15) is 8.42 Å². The summed E-state index contributed by atoms with van der Waals surface area (Å²) >= 11 is 0. The molecule has 2 aromatic heterocycles. The summed E-state index contributed by atoms with van der Waals surface area (Å²) in [5.41, 5.74) is 4.65.